The van der Waals surface area contributed by atoms with E-state index in [1.165, 1.54) is 6.07 Å². The Labute approximate surface area is 159 Å². The van der Waals surface area contributed by atoms with Crippen LogP contribution in [0.1, 0.15) is 13.3 Å². The molecule has 3 heterocycles. The first-order valence-electron chi connectivity index (χ1n) is 8.00. The Kier molecular flexibility index (Phi) is 6.62. The molecule has 0 aromatic carbocycles. The molecule has 0 saturated carbocycles. The predicted octanol–water partition coefficient (Wildman–Crippen LogP) is 1.62. The number of aromatic nitrogens is 1. The lowest BCUT2D eigenvalue weighted by atomic mass is 9.89. The highest BCUT2D eigenvalue weighted by molar-refractivity contribution is 14.0. The Balaban J connectivity index is 0.00000208. The summed E-state index contributed by atoms with van der Waals surface area (Å²) in [5.41, 5.74) is 0.191. The molecule has 3 rings (SSSR count). The van der Waals surface area contributed by atoms with Gasteiger partial charge in [-0.1, -0.05) is 6.92 Å². The van der Waals surface area contributed by atoms with E-state index in [-0.39, 0.29) is 41.3 Å². The minimum Gasteiger partial charge on any atom is -0.380 e. The number of ether oxygens (including phenoxy) is 1. The minimum atomic E-state index is -0.270. The SMILES string of the molecule is CN=C(NCC1(C)COC1)NC1CCN(c2ncccc2F)C1.I. The zero-order valence-electron chi connectivity index (χ0n) is 14.1. The lowest BCUT2D eigenvalue weighted by Crippen LogP contribution is -2.52. The van der Waals surface area contributed by atoms with Crippen molar-refractivity contribution in [1.29, 1.82) is 0 Å². The van der Waals surface area contributed by atoms with Crippen LogP contribution in [0, 0.1) is 11.2 Å². The Morgan fingerprint density at radius 3 is 2.96 bits per heavy atom. The lowest BCUT2D eigenvalue weighted by Gasteiger charge is -2.38. The quantitative estimate of drug-likeness (QED) is 0.416. The van der Waals surface area contributed by atoms with Crippen molar-refractivity contribution >= 4 is 35.8 Å². The summed E-state index contributed by atoms with van der Waals surface area (Å²) in [4.78, 5) is 10.4. The molecule has 0 amide bonds. The molecular weight excluding hydrogens is 424 g/mol. The third-order valence-corrected chi connectivity index (χ3v) is 4.37. The molecule has 0 spiro atoms. The minimum absolute atomic E-state index is 0. The standard InChI is InChI=1S/C16H24FN5O.HI/c1-16(10-23-11-16)9-20-15(18-2)21-12-5-7-22(8-12)14-13(17)4-3-6-19-14;/h3-4,6,12H,5,7-11H2,1-2H3,(H2,18,20,21);1H. The molecule has 1 atom stereocenters. The number of pyridine rings is 1. The fourth-order valence-electron chi connectivity index (χ4n) is 2.92. The lowest BCUT2D eigenvalue weighted by molar-refractivity contribution is -0.0971. The Morgan fingerprint density at radius 2 is 2.33 bits per heavy atom. The summed E-state index contributed by atoms with van der Waals surface area (Å²) < 4.78 is 19.1. The van der Waals surface area contributed by atoms with Crippen LogP contribution in [-0.2, 0) is 4.74 Å². The van der Waals surface area contributed by atoms with Crippen molar-refractivity contribution in [3.8, 4) is 0 Å². The van der Waals surface area contributed by atoms with Crippen LogP contribution in [0.4, 0.5) is 10.2 Å². The summed E-state index contributed by atoms with van der Waals surface area (Å²) >= 11 is 0. The molecule has 1 unspecified atom stereocenters. The van der Waals surface area contributed by atoms with Crippen molar-refractivity contribution in [1.82, 2.24) is 15.6 Å². The van der Waals surface area contributed by atoms with E-state index in [1.807, 2.05) is 4.90 Å². The van der Waals surface area contributed by atoms with Crippen molar-refractivity contribution < 1.29 is 9.13 Å². The highest BCUT2D eigenvalue weighted by atomic mass is 127. The molecule has 8 heteroatoms. The molecule has 2 aliphatic heterocycles. The molecular formula is C16H25FIN5O. The fourth-order valence-corrected chi connectivity index (χ4v) is 2.92. The number of aliphatic imine (C=N–C) groups is 1. The molecule has 1 aromatic rings. The van der Waals surface area contributed by atoms with Crippen molar-refractivity contribution in [3.63, 3.8) is 0 Å². The second-order valence-electron chi connectivity index (χ2n) is 6.61. The molecule has 1 aromatic heterocycles. The van der Waals surface area contributed by atoms with E-state index in [9.17, 15) is 4.39 Å². The van der Waals surface area contributed by atoms with Crippen molar-refractivity contribution in [3.05, 3.63) is 24.1 Å². The number of anilines is 1. The zero-order chi connectivity index (χ0) is 16.3. The van der Waals surface area contributed by atoms with Gasteiger partial charge in [0.1, 0.15) is 0 Å². The maximum absolute atomic E-state index is 13.8. The number of hydrogen-bond acceptors (Lipinski definition) is 4. The van der Waals surface area contributed by atoms with E-state index in [1.54, 1.807) is 19.3 Å². The van der Waals surface area contributed by atoms with Gasteiger partial charge in [0.2, 0.25) is 0 Å². The van der Waals surface area contributed by atoms with Gasteiger partial charge in [-0.3, -0.25) is 4.99 Å². The summed E-state index contributed by atoms with van der Waals surface area (Å²) in [7, 11) is 1.76. The summed E-state index contributed by atoms with van der Waals surface area (Å²) in [5, 5.41) is 6.77. The first-order chi connectivity index (χ1) is 11.1. The van der Waals surface area contributed by atoms with Crippen LogP contribution in [0.15, 0.2) is 23.3 Å². The van der Waals surface area contributed by atoms with Gasteiger partial charge in [-0.05, 0) is 18.6 Å². The number of rotatable bonds is 4. The van der Waals surface area contributed by atoms with Crippen LogP contribution in [0.3, 0.4) is 0 Å². The number of halogens is 2. The fraction of sp³-hybridized carbons (Fsp3) is 0.625. The van der Waals surface area contributed by atoms with E-state index < -0.39 is 0 Å². The van der Waals surface area contributed by atoms with E-state index in [4.69, 9.17) is 4.74 Å². The Hall–Kier alpha value is -1.16. The van der Waals surface area contributed by atoms with E-state index in [2.05, 4.69) is 27.5 Å². The van der Waals surface area contributed by atoms with E-state index in [0.717, 1.165) is 45.2 Å². The van der Waals surface area contributed by atoms with Gasteiger partial charge in [0.15, 0.2) is 17.6 Å². The number of guanidine groups is 1. The number of nitrogens with one attached hydrogen (secondary N) is 2. The molecule has 2 aliphatic rings. The summed E-state index contributed by atoms with van der Waals surface area (Å²) in [5.74, 6) is 0.943. The third-order valence-electron chi connectivity index (χ3n) is 4.37. The molecule has 6 nitrogen and oxygen atoms in total. The van der Waals surface area contributed by atoms with Gasteiger partial charge in [0.05, 0.1) is 13.2 Å². The molecule has 2 fully saturated rings. The molecule has 0 aliphatic carbocycles. The van der Waals surface area contributed by atoms with Gasteiger partial charge in [-0.15, -0.1) is 24.0 Å². The first-order valence-corrected chi connectivity index (χ1v) is 8.00. The second-order valence-corrected chi connectivity index (χ2v) is 6.61. The summed E-state index contributed by atoms with van der Waals surface area (Å²) in [6.45, 7) is 6.10. The maximum atomic E-state index is 13.8. The number of nitrogens with zero attached hydrogens (tertiary/aromatic N) is 3. The van der Waals surface area contributed by atoms with Crippen LogP contribution in [0.25, 0.3) is 0 Å². The monoisotopic (exact) mass is 449 g/mol. The van der Waals surface area contributed by atoms with Gasteiger partial charge >= 0.3 is 0 Å². The third kappa shape index (κ3) is 4.47. The molecule has 2 N–H and O–H groups in total. The molecule has 24 heavy (non-hydrogen) atoms. The average Bonchev–Trinajstić information content (AvgIpc) is 2.98. The van der Waals surface area contributed by atoms with Crippen molar-refractivity contribution in [2.24, 2.45) is 10.4 Å². The zero-order valence-corrected chi connectivity index (χ0v) is 16.4. The largest absolute Gasteiger partial charge is 0.380 e. The average molecular weight is 449 g/mol. The van der Waals surface area contributed by atoms with Gasteiger partial charge in [-0.25, -0.2) is 9.37 Å². The highest BCUT2D eigenvalue weighted by Gasteiger charge is 2.33. The molecule has 0 radical (unpaired) electrons. The van der Waals surface area contributed by atoms with Crippen LogP contribution in [-0.4, -0.2) is 56.9 Å². The van der Waals surface area contributed by atoms with Gasteiger partial charge in [0.25, 0.3) is 0 Å². The van der Waals surface area contributed by atoms with Crippen LogP contribution < -0.4 is 15.5 Å². The van der Waals surface area contributed by atoms with E-state index >= 15 is 0 Å². The van der Waals surface area contributed by atoms with E-state index in [0.29, 0.717) is 5.82 Å². The van der Waals surface area contributed by atoms with Crippen LogP contribution >= 0.6 is 24.0 Å². The predicted molar refractivity (Wildman–Crippen MR) is 104 cm³/mol. The van der Waals surface area contributed by atoms with Crippen molar-refractivity contribution in [2.45, 2.75) is 19.4 Å². The Bertz CT molecular complexity index is 581. The van der Waals surface area contributed by atoms with Crippen molar-refractivity contribution in [2.75, 3.05) is 44.8 Å². The smallest absolute Gasteiger partial charge is 0.191 e. The molecule has 134 valence electrons. The number of hydrogen-bond donors (Lipinski definition) is 2. The second kappa shape index (κ2) is 8.28. The summed E-state index contributed by atoms with van der Waals surface area (Å²) in [6, 6.07) is 3.29. The molecule has 0 bridgehead atoms. The molecule has 2 saturated heterocycles. The maximum Gasteiger partial charge on any atom is 0.191 e. The normalized spacial score (nSPS) is 22.5. The first kappa shape index (κ1) is 19.2. The summed E-state index contributed by atoms with van der Waals surface area (Å²) in [6.07, 6.45) is 2.55. The van der Waals surface area contributed by atoms with Crippen LogP contribution in [0.5, 0.6) is 0 Å². The highest BCUT2D eigenvalue weighted by Crippen LogP contribution is 2.25. The van der Waals surface area contributed by atoms with Crippen LogP contribution in [0.2, 0.25) is 0 Å². The van der Waals surface area contributed by atoms with Gasteiger partial charge in [0, 0.05) is 44.3 Å². The topological polar surface area (TPSA) is 61.8 Å². The van der Waals surface area contributed by atoms with Gasteiger partial charge in [-0.2, -0.15) is 0 Å². The Morgan fingerprint density at radius 1 is 1.54 bits per heavy atom. The van der Waals surface area contributed by atoms with Gasteiger partial charge < -0.3 is 20.3 Å².